The first kappa shape index (κ1) is 26.1. The number of anilines is 2. The van der Waals surface area contributed by atoms with Gasteiger partial charge < -0.3 is 9.80 Å². The summed E-state index contributed by atoms with van der Waals surface area (Å²) in [5.74, 6) is 7.14. The summed E-state index contributed by atoms with van der Waals surface area (Å²) in [6, 6.07) is 8.34. The molecule has 0 bridgehead atoms. The number of hydrogen-bond donors (Lipinski definition) is 1. The molecule has 1 fully saturated rings. The molecule has 1 amide bonds. The number of aryl methyl sites for hydroxylation is 3. The third kappa shape index (κ3) is 6.06. The maximum absolute atomic E-state index is 12.9. The number of piperazine rings is 1. The molecular formula is C27H30N6O3S. The van der Waals surface area contributed by atoms with Crippen molar-refractivity contribution in [3.8, 4) is 11.8 Å². The number of sulfonamides is 1. The number of nitrogens with one attached hydrogen (secondary N) is 1. The Labute approximate surface area is 218 Å². The van der Waals surface area contributed by atoms with E-state index in [1.807, 2.05) is 18.7 Å². The molecule has 1 aliphatic rings. The lowest BCUT2D eigenvalue weighted by molar-refractivity contribution is -0.129. The molecular weight excluding hydrogens is 488 g/mol. The molecule has 0 unspecified atom stereocenters. The molecule has 1 N–H and O–H groups in total. The molecule has 3 heterocycles. The minimum atomic E-state index is -3.77. The third-order valence-corrected chi connectivity index (χ3v) is 7.64. The molecule has 1 aliphatic heterocycles. The second kappa shape index (κ2) is 11.0. The SMILES string of the molecule is CCc1ncnc(N2CCN(C(C)=O)CC2)c1C#Cc1cnc(C)c(NS(=O)(=O)c2ccc(C)cc2)c1. The van der Waals surface area contributed by atoms with Crippen molar-refractivity contribution in [2.75, 3.05) is 35.8 Å². The zero-order chi connectivity index (χ0) is 26.6. The first-order valence-electron chi connectivity index (χ1n) is 12.1. The largest absolute Gasteiger partial charge is 0.352 e. The number of amides is 1. The molecule has 0 saturated carbocycles. The molecule has 9 nitrogen and oxygen atoms in total. The molecule has 37 heavy (non-hydrogen) atoms. The van der Waals surface area contributed by atoms with Gasteiger partial charge in [-0.05, 0) is 38.5 Å². The number of nitrogens with zero attached hydrogens (tertiary/aromatic N) is 5. The van der Waals surface area contributed by atoms with Gasteiger partial charge in [0.1, 0.15) is 12.1 Å². The summed E-state index contributed by atoms with van der Waals surface area (Å²) in [6.45, 7) is 9.80. The highest BCUT2D eigenvalue weighted by molar-refractivity contribution is 7.92. The van der Waals surface area contributed by atoms with Crippen molar-refractivity contribution in [3.05, 3.63) is 70.9 Å². The number of hydrogen-bond acceptors (Lipinski definition) is 7. The van der Waals surface area contributed by atoms with Gasteiger partial charge in [-0.2, -0.15) is 0 Å². The zero-order valence-corrected chi connectivity index (χ0v) is 22.3. The highest BCUT2D eigenvalue weighted by Gasteiger charge is 2.22. The number of pyridine rings is 1. The molecule has 1 saturated heterocycles. The van der Waals surface area contributed by atoms with E-state index in [0.29, 0.717) is 49.5 Å². The standard InChI is InChI=1S/C27H30N6O3S/c1-5-25-24(27(30-18-29-25)33-14-12-32(13-15-33)21(4)34)11-8-22-16-26(20(3)28-17-22)31-37(35,36)23-9-6-19(2)7-10-23/h6-7,9-10,16-18,31H,5,12-15H2,1-4H3. The number of aromatic nitrogens is 3. The minimum Gasteiger partial charge on any atom is -0.352 e. The van der Waals surface area contributed by atoms with E-state index in [2.05, 4.69) is 36.4 Å². The van der Waals surface area contributed by atoms with Crippen molar-refractivity contribution < 1.29 is 13.2 Å². The second-order valence-corrected chi connectivity index (χ2v) is 10.6. The van der Waals surface area contributed by atoms with E-state index in [9.17, 15) is 13.2 Å². The van der Waals surface area contributed by atoms with Gasteiger partial charge in [-0.1, -0.05) is 36.5 Å². The van der Waals surface area contributed by atoms with Crippen LogP contribution in [0.15, 0.2) is 47.8 Å². The smallest absolute Gasteiger partial charge is 0.261 e. The Hall–Kier alpha value is -3.97. The zero-order valence-electron chi connectivity index (χ0n) is 21.4. The van der Waals surface area contributed by atoms with Crippen molar-refractivity contribution in [1.82, 2.24) is 19.9 Å². The minimum absolute atomic E-state index is 0.0669. The average molecular weight is 519 g/mol. The fourth-order valence-corrected chi connectivity index (χ4v) is 5.15. The first-order valence-corrected chi connectivity index (χ1v) is 13.6. The van der Waals surface area contributed by atoms with Crippen LogP contribution in [0.3, 0.4) is 0 Å². The summed E-state index contributed by atoms with van der Waals surface area (Å²) >= 11 is 0. The molecule has 10 heteroatoms. The fraction of sp³-hybridized carbons (Fsp3) is 0.333. The fourth-order valence-electron chi connectivity index (χ4n) is 4.04. The molecule has 192 valence electrons. The Morgan fingerprint density at radius 2 is 1.73 bits per heavy atom. The number of rotatable bonds is 5. The van der Waals surface area contributed by atoms with Crippen molar-refractivity contribution in [2.45, 2.75) is 39.0 Å². The van der Waals surface area contributed by atoms with Crippen LogP contribution in [-0.4, -0.2) is 60.4 Å². The lowest BCUT2D eigenvalue weighted by Crippen LogP contribution is -2.48. The maximum Gasteiger partial charge on any atom is 0.261 e. The van der Waals surface area contributed by atoms with Crippen LogP contribution < -0.4 is 9.62 Å². The van der Waals surface area contributed by atoms with Gasteiger partial charge >= 0.3 is 0 Å². The van der Waals surface area contributed by atoms with Gasteiger partial charge in [0, 0.05) is 44.9 Å². The van der Waals surface area contributed by atoms with Gasteiger partial charge in [0.2, 0.25) is 5.91 Å². The van der Waals surface area contributed by atoms with E-state index in [0.717, 1.165) is 22.6 Å². The van der Waals surface area contributed by atoms with Gasteiger partial charge in [0.05, 0.1) is 27.5 Å². The number of carbonyl (C=O) groups is 1. The molecule has 0 atom stereocenters. The molecule has 2 aromatic heterocycles. The van der Waals surface area contributed by atoms with E-state index in [1.165, 1.54) is 0 Å². The lowest BCUT2D eigenvalue weighted by atomic mass is 10.1. The van der Waals surface area contributed by atoms with E-state index in [4.69, 9.17) is 0 Å². The van der Waals surface area contributed by atoms with Crippen molar-refractivity contribution in [3.63, 3.8) is 0 Å². The summed E-state index contributed by atoms with van der Waals surface area (Å²) < 4.78 is 28.4. The third-order valence-electron chi connectivity index (χ3n) is 6.26. The Balaban J connectivity index is 1.63. The van der Waals surface area contributed by atoms with E-state index in [1.54, 1.807) is 56.7 Å². The molecule has 3 aromatic rings. The van der Waals surface area contributed by atoms with E-state index >= 15 is 0 Å². The van der Waals surface area contributed by atoms with Gasteiger partial charge in [-0.3, -0.25) is 14.5 Å². The van der Waals surface area contributed by atoms with E-state index in [-0.39, 0.29) is 10.8 Å². The van der Waals surface area contributed by atoms with Crippen LogP contribution in [-0.2, 0) is 21.2 Å². The van der Waals surface area contributed by atoms with Crippen molar-refractivity contribution >= 4 is 27.4 Å². The topological polar surface area (TPSA) is 108 Å². The molecule has 0 aliphatic carbocycles. The first-order chi connectivity index (χ1) is 17.7. The molecule has 0 spiro atoms. The van der Waals surface area contributed by atoms with Crippen LogP contribution in [0.1, 0.15) is 41.9 Å². The Morgan fingerprint density at radius 1 is 1.03 bits per heavy atom. The second-order valence-electron chi connectivity index (χ2n) is 8.89. The molecule has 1 aromatic carbocycles. The van der Waals surface area contributed by atoms with Crippen LogP contribution in [0.2, 0.25) is 0 Å². The van der Waals surface area contributed by atoms with Crippen LogP contribution in [0, 0.1) is 25.7 Å². The van der Waals surface area contributed by atoms with Gasteiger partial charge in [-0.15, -0.1) is 0 Å². The summed E-state index contributed by atoms with van der Waals surface area (Å²) in [5, 5.41) is 0. The molecule has 0 radical (unpaired) electrons. The highest BCUT2D eigenvalue weighted by atomic mass is 32.2. The highest BCUT2D eigenvalue weighted by Crippen LogP contribution is 2.23. The number of benzene rings is 1. The van der Waals surface area contributed by atoms with Gasteiger partial charge in [0.25, 0.3) is 10.0 Å². The summed E-state index contributed by atoms with van der Waals surface area (Å²) in [4.78, 5) is 29.1. The van der Waals surface area contributed by atoms with Crippen molar-refractivity contribution in [1.29, 1.82) is 0 Å². The predicted octanol–water partition coefficient (Wildman–Crippen LogP) is 2.92. The maximum atomic E-state index is 12.9. The quantitative estimate of drug-likeness (QED) is 0.518. The van der Waals surface area contributed by atoms with Crippen LogP contribution in [0.25, 0.3) is 0 Å². The summed E-state index contributed by atoms with van der Waals surface area (Å²) in [6.07, 6.45) is 3.84. The van der Waals surface area contributed by atoms with Crippen molar-refractivity contribution in [2.24, 2.45) is 0 Å². The normalized spacial score (nSPS) is 13.6. The molecule has 4 rings (SSSR count). The summed E-state index contributed by atoms with van der Waals surface area (Å²) in [5.41, 5.74) is 4.00. The monoisotopic (exact) mass is 518 g/mol. The predicted molar refractivity (Wildman–Crippen MR) is 143 cm³/mol. The Kier molecular flexibility index (Phi) is 7.74. The van der Waals surface area contributed by atoms with Crippen LogP contribution in [0.5, 0.6) is 0 Å². The van der Waals surface area contributed by atoms with Gasteiger partial charge in [0.15, 0.2) is 0 Å². The van der Waals surface area contributed by atoms with Gasteiger partial charge in [-0.25, -0.2) is 18.4 Å². The van der Waals surface area contributed by atoms with Crippen LogP contribution in [0.4, 0.5) is 11.5 Å². The lowest BCUT2D eigenvalue weighted by Gasteiger charge is -2.35. The van der Waals surface area contributed by atoms with Crippen LogP contribution >= 0.6 is 0 Å². The Bertz CT molecular complexity index is 1470. The average Bonchev–Trinajstić information content (AvgIpc) is 2.89. The van der Waals surface area contributed by atoms with E-state index < -0.39 is 10.0 Å². The Morgan fingerprint density at radius 3 is 2.38 bits per heavy atom. The summed E-state index contributed by atoms with van der Waals surface area (Å²) in [7, 11) is -3.77. The number of carbonyl (C=O) groups excluding carboxylic acids is 1.